The lowest BCUT2D eigenvalue weighted by Crippen LogP contribution is -2.19. The van der Waals surface area contributed by atoms with Crippen molar-refractivity contribution in [2.24, 2.45) is 0 Å². The molecule has 40 heavy (non-hydrogen) atoms. The molecule has 5 rings (SSSR count). The van der Waals surface area contributed by atoms with E-state index in [4.69, 9.17) is 9.84 Å². The van der Waals surface area contributed by atoms with Crippen LogP contribution < -0.4 is 5.32 Å². The van der Waals surface area contributed by atoms with E-state index in [9.17, 15) is 13.2 Å². The number of aromatic nitrogens is 2. The predicted molar refractivity (Wildman–Crippen MR) is 158 cm³/mol. The maximum atomic E-state index is 13.0. The summed E-state index contributed by atoms with van der Waals surface area (Å²) >= 11 is 0. The Morgan fingerprint density at radius 1 is 1.10 bits per heavy atom. The van der Waals surface area contributed by atoms with Crippen molar-refractivity contribution in [3.8, 4) is 11.3 Å². The summed E-state index contributed by atoms with van der Waals surface area (Å²) in [5, 5.41) is 8.86. The molecule has 0 radical (unpaired) electrons. The third-order valence-electron chi connectivity index (χ3n) is 7.20. The molecular formula is C31H36N4O4S. The SMILES string of the molecule is Cc1ccccc1CC(=O)Nc1ccc2c(c1)c(-c1cc(CN(C)C)cc(S(C)(=O)=O)c1)nn2C1CCCCO1. The fourth-order valence-corrected chi connectivity index (χ4v) is 5.93. The summed E-state index contributed by atoms with van der Waals surface area (Å²) in [5.41, 5.74) is 5.83. The van der Waals surface area contributed by atoms with Gasteiger partial charge in [0, 0.05) is 36.0 Å². The van der Waals surface area contributed by atoms with E-state index in [-0.39, 0.29) is 23.5 Å². The van der Waals surface area contributed by atoms with Crippen LogP contribution in [0.1, 0.15) is 42.2 Å². The summed E-state index contributed by atoms with van der Waals surface area (Å²) in [5.74, 6) is -0.106. The second kappa shape index (κ2) is 11.5. The first-order valence-corrected chi connectivity index (χ1v) is 15.4. The Bertz CT molecular complexity index is 1650. The van der Waals surface area contributed by atoms with Crippen LogP contribution in [0.4, 0.5) is 5.69 Å². The van der Waals surface area contributed by atoms with E-state index in [1.165, 1.54) is 6.26 Å². The summed E-state index contributed by atoms with van der Waals surface area (Å²) in [6.45, 7) is 3.25. The van der Waals surface area contributed by atoms with Crippen molar-refractivity contribution in [3.05, 3.63) is 77.4 Å². The van der Waals surface area contributed by atoms with Gasteiger partial charge in [-0.25, -0.2) is 13.1 Å². The standard InChI is InChI=1S/C31H36N4O4S/c1-21-9-5-6-10-23(21)18-29(36)32-25-12-13-28-27(19-25)31(33-35(28)30-11-7-8-14-39-30)24-15-22(20-34(2)3)16-26(17-24)40(4,37)38/h5-6,9-10,12-13,15-17,19,30H,7-8,11,14,18,20H2,1-4H3,(H,32,36). The van der Waals surface area contributed by atoms with Crippen LogP contribution >= 0.6 is 0 Å². The van der Waals surface area contributed by atoms with E-state index in [1.807, 2.05) is 79.1 Å². The van der Waals surface area contributed by atoms with Crippen molar-refractivity contribution < 1.29 is 17.9 Å². The summed E-state index contributed by atoms with van der Waals surface area (Å²) in [4.78, 5) is 15.2. The largest absolute Gasteiger partial charge is 0.356 e. The van der Waals surface area contributed by atoms with Gasteiger partial charge in [0.05, 0.1) is 16.8 Å². The molecule has 1 unspecified atom stereocenters. The number of fused-ring (bicyclic) bond motifs is 1. The molecular weight excluding hydrogens is 524 g/mol. The molecule has 1 aliphatic rings. The normalized spacial score (nSPS) is 16.0. The molecule has 8 nitrogen and oxygen atoms in total. The average molecular weight is 561 g/mol. The maximum Gasteiger partial charge on any atom is 0.228 e. The van der Waals surface area contributed by atoms with Gasteiger partial charge in [-0.3, -0.25) is 4.79 Å². The maximum absolute atomic E-state index is 13.0. The molecule has 1 N–H and O–H groups in total. The number of carbonyl (C=O) groups excluding carboxylic acids is 1. The van der Waals surface area contributed by atoms with Crippen LogP contribution in [0.2, 0.25) is 0 Å². The second-order valence-electron chi connectivity index (χ2n) is 10.9. The third kappa shape index (κ3) is 6.27. The molecule has 1 amide bonds. The Hall–Kier alpha value is -3.53. The zero-order valence-corrected chi connectivity index (χ0v) is 24.3. The fourth-order valence-electron chi connectivity index (χ4n) is 5.22. The number of carbonyl (C=O) groups is 1. The van der Waals surface area contributed by atoms with Crippen LogP contribution in [0.3, 0.4) is 0 Å². The summed E-state index contributed by atoms with van der Waals surface area (Å²) < 4.78 is 33.2. The molecule has 1 fully saturated rings. The Morgan fingerprint density at radius 3 is 2.60 bits per heavy atom. The van der Waals surface area contributed by atoms with Crippen LogP contribution in [0.15, 0.2) is 65.6 Å². The van der Waals surface area contributed by atoms with Crippen molar-refractivity contribution in [3.63, 3.8) is 0 Å². The fraction of sp³-hybridized carbons (Fsp3) is 0.355. The van der Waals surface area contributed by atoms with Crippen molar-refractivity contribution >= 4 is 32.3 Å². The lowest BCUT2D eigenvalue weighted by atomic mass is 10.0. The number of hydrogen-bond donors (Lipinski definition) is 1. The zero-order valence-electron chi connectivity index (χ0n) is 23.5. The van der Waals surface area contributed by atoms with Gasteiger partial charge in [0.15, 0.2) is 16.1 Å². The van der Waals surface area contributed by atoms with Crippen molar-refractivity contribution in [1.82, 2.24) is 14.7 Å². The average Bonchev–Trinajstić information content (AvgIpc) is 3.28. The lowest BCUT2D eigenvalue weighted by Gasteiger charge is -2.23. The van der Waals surface area contributed by atoms with Crippen molar-refractivity contribution in [2.75, 3.05) is 32.3 Å². The number of amides is 1. The topological polar surface area (TPSA) is 93.5 Å². The van der Waals surface area contributed by atoms with E-state index in [0.29, 0.717) is 30.1 Å². The van der Waals surface area contributed by atoms with Gasteiger partial charge in [-0.1, -0.05) is 24.3 Å². The zero-order chi connectivity index (χ0) is 28.4. The van der Waals surface area contributed by atoms with Crippen LogP contribution in [-0.4, -0.2) is 56.0 Å². The van der Waals surface area contributed by atoms with E-state index in [2.05, 4.69) is 5.32 Å². The molecule has 0 saturated carbocycles. The first-order chi connectivity index (χ1) is 19.1. The smallest absolute Gasteiger partial charge is 0.228 e. The highest BCUT2D eigenvalue weighted by molar-refractivity contribution is 7.90. The highest BCUT2D eigenvalue weighted by Gasteiger charge is 2.23. The van der Waals surface area contributed by atoms with Crippen LogP contribution in [0.5, 0.6) is 0 Å². The minimum atomic E-state index is -3.45. The number of anilines is 1. The van der Waals surface area contributed by atoms with Crippen LogP contribution in [0, 0.1) is 6.92 Å². The second-order valence-corrected chi connectivity index (χ2v) is 12.9. The van der Waals surface area contributed by atoms with Crippen LogP contribution in [-0.2, 0) is 32.3 Å². The molecule has 9 heteroatoms. The van der Waals surface area contributed by atoms with Gasteiger partial charge >= 0.3 is 0 Å². The monoisotopic (exact) mass is 560 g/mol. The highest BCUT2D eigenvalue weighted by Crippen LogP contribution is 2.36. The van der Waals surface area contributed by atoms with Gasteiger partial charge in [-0.2, -0.15) is 5.10 Å². The molecule has 0 aliphatic carbocycles. The number of rotatable bonds is 8. The molecule has 0 bridgehead atoms. The lowest BCUT2D eigenvalue weighted by molar-refractivity contribution is -0.115. The van der Waals surface area contributed by atoms with Gasteiger partial charge in [0.2, 0.25) is 5.91 Å². The summed E-state index contributed by atoms with van der Waals surface area (Å²) in [7, 11) is 0.445. The van der Waals surface area contributed by atoms with Gasteiger partial charge in [-0.15, -0.1) is 0 Å². The van der Waals surface area contributed by atoms with E-state index < -0.39 is 9.84 Å². The van der Waals surface area contributed by atoms with E-state index in [0.717, 1.165) is 46.9 Å². The van der Waals surface area contributed by atoms with Gasteiger partial charge < -0.3 is 15.0 Å². The number of benzene rings is 3. The first-order valence-electron chi connectivity index (χ1n) is 13.6. The Labute approximate surface area is 235 Å². The van der Waals surface area contributed by atoms with E-state index in [1.54, 1.807) is 12.1 Å². The molecule has 0 spiro atoms. The van der Waals surface area contributed by atoms with Gasteiger partial charge in [0.25, 0.3) is 0 Å². The minimum Gasteiger partial charge on any atom is -0.356 e. The number of sulfone groups is 1. The number of ether oxygens (including phenoxy) is 1. The summed E-state index contributed by atoms with van der Waals surface area (Å²) in [6.07, 6.45) is 4.21. The van der Waals surface area contributed by atoms with Crippen molar-refractivity contribution in [1.29, 1.82) is 0 Å². The highest BCUT2D eigenvalue weighted by atomic mass is 32.2. The molecule has 1 aromatic heterocycles. The Morgan fingerprint density at radius 2 is 1.90 bits per heavy atom. The first kappa shape index (κ1) is 28.0. The molecule has 1 atom stereocenters. The quantitative estimate of drug-likeness (QED) is 0.312. The molecule has 3 aromatic carbocycles. The van der Waals surface area contributed by atoms with Gasteiger partial charge in [0.1, 0.15) is 5.69 Å². The summed E-state index contributed by atoms with van der Waals surface area (Å²) in [6, 6.07) is 19.0. The molecule has 4 aromatic rings. The van der Waals surface area contributed by atoms with E-state index >= 15 is 0 Å². The molecule has 1 aliphatic heterocycles. The van der Waals surface area contributed by atoms with Crippen LogP contribution in [0.25, 0.3) is 22.2 Å². The molecule has 1 saturated heterocycles. The Kier molecular flexibility index (Phi) is 8.07. The Balaban J connectivity index is 1.59. The number of nitrogens with zero attached hydrogens (tertiary/aromatic N) is 3. The molecule has 210 valence electrons. The van der Waals surface area contributed by atoms with Crippen molar-refractivity contribution in [2.45, 2.75) is 50.3 Å². The number of nitrogens with one attached hydrogen (secondary N) is 1. The predicted octanol–water partition coefficient (Wildman–Crippen LogP) is 5.36. The minimum absolute atomic E-state index is 0.106. The van der Waals surface area contributed by atoms with Gasteiger partial charge in [-0.05, 0) is 93.4 Å². The molecule has 2 heterocycles. The third-order valence-corrected chi connectivity index (χ3v) is 8.29. The number of aryl methyl sites for hydroxylation is 1. The number of hydrogen-bond acceptors (Lipinski definition) is 6.